The molecule has 0 unspecified atom stereocenters. The minimum absolute atomic E-state index is 0.122. The number of halogens is 2. The highest BCUT2D eigenvalue weighted by Crippen LogP contribution is 2.18. The Morgan fingerprint density at radius 3 is 2.59 bits per heavy atom. The number of Topliss-reactive ketones (excluding diaryl/α,β-unsaturated/α-hetero) is 1. The van der Waals surface area contributed by atoms with Gasteiger partial charge in [-0.25, -0.2) is 13.5 Å². The van der Waals surface area contributed by atoms with Crippen LogP contribution in [0.2, 0.25) is 0 Å². The van der Waals surface area contributed by atoms with Crippen LogP contribution < -0.4 is 0 Å². The summed E-state index contributed by atoms with van der Waals surface area (Å²) < 4.78 is 27.6. The third kappa shape index (κ3) is 1.95. The fourth-order valence-corrected chi connectivity index (χ4v) is 1.65. The van der Waals surface area contributed by atoms with Crippen molar-refractivity contribution in [1.29, 1.82) is 0 Å². The number of aromatic nitrogens is 2. The van der Waals surface area contributed by atoms with E-state index in [4.69, 9.17) is 0 Å². The molecule has 0 radical (unpaired) electrons. The Hall–Kier alpha value is -2.04. The highest BCUT2D eigenvalue weighted by Gasteiger charge is 2.14. The molecule has 0 atom stereocenters. The zero-order valence-corrected chi connectivity index (χ0v) is 9.37. The maximum Gasteiger partial charge on any atom is 0.163 e. The fraction of sp³-hybridized carbons (Fsp3) is 0.167. The molecular formula is C12H10F2N2O. The van der Waals surface area contributed by atoms with E-state index in [1.54, 1.807) is 6.92 Å². The van der Waals surface area contributed by atoms with Crippen LogP contribution in [-0.4, -0.2) is 15.6 Å². The van der Waals surface area contributed by atoms with Gasteiger partial charge in [-0.2, -0.15) is 5.10 Å². The summed E-state index contributed by atoms with van der Waals surface area (Å²) in [6, 6.07) is 3.21. The highest BCUT2D eigenvalue weighted by molar-refractivity contribution is 5.95. The molecule has 17 heavy (non-hydrogen) atoms. The van der Waals surface area contributed by atoms with Crippen LogP contribution in [0.25, 0.3) is 5.69 Å². The summed E-state index contributed by atoms with van der Waals surface area (Å²) in [5, 5.41) is 3.93. The number of carbonyl (C=O) groups is 1. The molecule has 0 aliphatic carbocycles. The highest BCUT2D eigenvalue weighted by atomic mass is 19.1. The van der Waals surface area contributed by atoms with Gasteiger partial charge in [0.1, 0.15) is 11.5 Å². The number of ketones is 1. The average Bonchev–Trinajstić information content (AvgIpc) is 2.60. The second-order valence-corrected chi connectivity index (χ2v) is 3.71. The van der Waals surface area contributed by atoms with Crippen LogP contribution in [-0.2, 0) is 0 Å². The van der Waals surface area contributed by atoms with Gasteiger partial charge in [0.25, 0.3) is 0 Å². The summed E-state index contributed by atoms with van der Waals surface area (Å²) in [5.74, 6) is -1.51. The second-order valence-electron chi connectivity index (χ2n) is 3.71. The molecule has 2 aromatic rings. The van der Waals surface area contributed by atoms with Crippen molar-refractivity contribution < 1.29 is 13.6 Å². The zero-order chi connectivity index (χ0) is 12.6. The Morgan fingerprint density at radius 2 is 2.06 bits per heavy atom. The minimum atomic E-state index is -0.716. The molecule has 0 amide bonds. The number of hydrogen-bond donors (Lipinski definition) is 0. The van der Waals surface area contributed by atoms with Gasteiger partial charge >= 0.3 is 0 Å². The SMILES string of the molecule is CC(=O)c1cnn(-c2ccc(F)cc2F)c1C. The Labute approximate surface area is 96.7 Å². The number of carbonyl (C=O) groups excluding carboxylic acids is 1. The normalized spacial score (nSPS) is 10.6. The Bertz CT molecular complexity index is 590. The smallest absolute Gasteiger partial charge is 0.163 e. The number of hydrogen-bond acceptors (Lipinski definition) is 2. The topological polar surface area (TPSA) is 34.9 Å². The van der Waals surface area contributed by atoms with Gasteiger partial charge in [0.2, 0.25) is 0 Å². The molecule has 88 valence electrons. The van der Waals surface area contributed by atoms with Crippen molar-refractivity contribution in [1.82, 2.24) is 9.78 Å². The van der Waals surface area contributed by atoms with Crippen molar-refractivity contribution in [3.8, 4) is 5.69 Å². The number of rotatable bonds is 2. The first-order chi connectivity index (χ1) is 8.00. The third-order valence-electron chi connectivity index (χ3n) is 2.53. The van der Waals surface area contributed by atoms with Crippen LogP contribution in [0.3, 0.4) is 0 Å². The first-order valence-electron chi connectivity index (χ1n) is 5.01. The standard InChI is InChI=1S/C12H10F2N2O/c1-7-10(8(2)17)6-15-16(7)12-4-3-9(13)5-11(12)14/h3-6H,1-2H3. The van der Waals surface area contributed by atoms with Crippen LogP contribution in [0.15, 0.2) is 24.4 Å². The van der Waals surface area contributed by atoms with E-state index in [-0.39, 0.29) is 11.5 Å². The number of nitrogens with zero attached hydrogens (tertiary/aromatic N) is 2. The molecule has 1 aromatic heterocycles. The molecule has 0 spiro atoms. The first-order valence-corrected chi connectivity index (χ1v) is 5.01. The number of benzene rings is 1. The summed E-state index contributed by atoms with van der Waals surface area (Å²) in [7, 11) is 0. The quantitative estimate of drug-likeness (QED) is 0.751. The first kappa shape index (κ1) is 11.4. The van der Waals surface area contributed by atoms with Gasteiger partial charge in [0.05, 0.1) is 17.5 Å². The molecule has 0 bridgehead atoms. The van der Waals surface area contributed by atoms with Crippen LogP contribution in [0.5, 0.6) is 0 Å². The van der Waals surface area contributed by atoms with Crippen molar-refractivity contribution >= 4 is 5.78 Å². The molecule has 0 aliphatic rings. The molecule has 0 saturated carbocycles. The molecule has 2 rings (SSSR count). The lowest BCUT2D eigenvalue weighted by Crippen LogP contribution is -2.03. The average molecular weight is 236 g/mol. The van der Waals surface area contributed by atoms with E-state index in [0.717, 1.165) is 12.1 Å². The summed E-state index contributed by atoms with van der Waals surface area (Å²) >= 11 is 0. The van der Waals surface area contributed by atoms with Gasteiger partial charge in [0, 0.05) is 6.07 Å². The van der Waals surface area contributed by atoms with Crippen molar-refractivity contribution in [2.45, 2.75) is 13.8 Å². The Balaban J connectivity index is 2.57. The molecule has 0 fully saturated rings. The summed E-state index contributed by atoms with van der Waals surface area (Å²) in [5.41, 5.74) is 1.08. The van der Waals surface area contributed by atoms with E-state index >= 15 is 0 Å². The van der Waals surface area contributed by atoms with Crippen molar-refractivity contribution in [2.75, 3.05) is 0 Å². The van der Waals surface area contributed by atoms with Gasteiger partial charge in [-0.1, -0.05) is 0 Å². The van der Waals surface area contributed by atoms with Gasteiger partial charge in [-0.15, -0.1) is 0 Å². The van der Waals surface area contributed by atoms with Gasteiger partial charge in [-0.3, -0.25) is 4.79 Å². The molecule has 5 heteroatoms. The lowest BCUT2D eigenvalue weighted by atomic mass is 10.2. The van der Waals surface area contributed by atoms with Crippen LogP contribution in [0.1, 0.15) is 23.0 Å². The lowest BCUT2D eigenvalue weighted by molar-refractivity contribution is 0.101. The van der Waals surface area contributed by atoms with Gasteiger partial charge in [0.15, 0.2) is 11.6 Å². The van der Waals surface area contributed by atoms with Crippen molar-refractivity contribution in [3.05, 3.63) is 47.3 Å². The van der Waals surface area contributed by atoms with E-state index < -0.39 is 11.6 Å². The van der Waals surface area contributed by atoms with Crippen molar-refractivity contribution in [3.63, 3.8) is 0 Å². The minimum Gasteiger partial charge on any atom is -0.294 e. The fourth-order valence-electron chi connectivity index (χ4n) is 1.65. The van der Waals surface area contributed by atoms with E-state index in [9.17, 15) is 13.6 Å². The van der Waals surface area contributed by atoms with Crippen molar-refractivity contribution in [2.24, 2.45) is 0 Å². The monoisotopic (exact) mass is 236 g/mol. The van der Waals surface area contributed by atoms with Crippen LogP contribution >= 0.6 is 0 Å². The zero-order valence-electron chi connectivity index (χ0n) is 9.37. The van der Waals surface area contributed by atoms with E-state index in [1.165, 1.54) is 23.9 Å². The molecule has 0 saturated heterocycles. The summed E-state index contributed by atoms with van der Waals surface area (Å²) in [6.45, 7) is 3.07. The molecule has 0 N–H and O–H groups in total. The van der Waals surface area contributed by atoms with Gasteiger partial charge < -0.3 is 0 Å². The third-order valence-corrected chi connectivity index (χ3v) is 2.53. The molecule has 3 nitrogen and oxygen atoms in total. The predicted molar refractivity (Wildman–Crippen MR) is 58.2 cm³/mol. The van der Waals surface area contributed by atoms with E-state index in [0.29, 0.717) is 11.3 Å². The molecule has 1 aromatic carbocycles. The maximum atomic E-state index is 13.5. The van der Waals surface area contributed by atoms with E-state index in [1.807, 2.05) is 0 Å². The summed E-state index contributed by atoms with van der Waals surface area (Å²) in [4.78, 5) is 11.2. The van der Waals surface area contributed by atoms with E-state index in [2.05, 4.69) is 5.10 Å². The molecule has 0 aliphatic heterocycles. The van der Waals surface area contributed by atoms with Crippen LogP contribution in [0, 0.1) is 18.6 Å². The molecular weight excluding hydrogens is 226 g/mol. The maximum absolute atomic E-state index is 13.5. The predicted octanol–water partition coefficient (Wildman–Crippen LogP) is 2.66. The largest absolute Gasteiger partial charge is 0.294 e. The second kappa shape index (κ2) is 4.08. The Kier molecular flexibility index (Phi) is 2.75. The summed E-state index contributed by atoms with van der Waals surface area (Å²) in [6.07, 6.45) is 1.38. The van der Waals surface area contributed by atoms with Gasteiger partial charge in [-0.05, 0) is 26.0 Å². The lowest BCUT2D eigenvalue weighted by Gasteiger charge is -2.06. The Morgan fingerprint density at radius 1 is 1.35 bits per heavy atom. The molecule has 1 heterocycles. The van der Waals surface area contributed by atoms with Crippen LogP contribution in [0.4, 0.5) is 8.78 Å².